The van der Waals surface area contributed by atoms with E-state index in [1.165, 1.54) is 7.11 Å². The van der Waals surface area contributed by atoms with Crippen LogP contribution in [0.2, 0.25) is 0 Å². The van der Waals surface area contributed by atoms with Crippen LogP contribution in [-0.2, 0) is 19.1 Å². The van der Waals surface area contributed by atoms with Gasteiger partial charge in [0.15, 0.2) is 5.78 Å². The molecular formula is C12H19NO4. The first-order chi connectivity index (χ1) is 7.88. The lowest BCUT2D eigenvalue weighted by molar-refractivity contribution is -0.156. The zero-order valence-corrected chi connectivity index (χ0v) is 10.7. The van der Waals surface area contributed by atoms with Gasteiger partial charge in [-0.2, -0.15) is 0 Å². The minimum atomic E-state index is -0.789. The number of carbonyl (C=O) groups is 3. The van der Waals surface area contributed by atoms with E-state index < -0.39 is 17.8 Å². The Kier molecular flexibility index (Phi) is 4.40. The fourth-order valence-electron chi connectivity index (χ4n) is 2.27. The van der Waals surface area contributed by atoms with E-state index in [0.29, 0.717) is 6.54 Å². The van der Waals surface area contributed by atoms with Crippen LogP contribution in [0.25, 0.3) is 0 Å². The van der Waals surface area contributed by atoms with Gasteiger partial charge in [0.2, 0.25) is 0 Å². The number of esters is 1. The van der Waals surface area contributed by atoms with Crippen LogP contribution in [0.15, 0.2) is 0 Å². The molecule has 0 saturated heterocycles. The highest BCUT2D eigenvalue weighted by molar-refractivity contribution is 6.12. The number of rotatable bonds is 3. The van der Waals surface area contributed by atoms with Gasteiger partial charge in [-0.05, 0) is 20.0 Å². The molecule has 1 rings (SSSR count). The number of hydrogen-bond donors (Lipinski definition) is 0. The van der Waals surface area contributed by atoms with Crippen LogP contribution in [-0.4, -0.2) is 50.2 Å². The third-order valence-corrected chi connectivity index (χ3v) is 3.13. The second kappa shape index (κ2) is 5.40. The average Bonchev–Trinajstić information content (AvgIpc) is 2.23. The van der Waals surface area contributed by atoms with Gasteiger partial charge in [-0.1, -0.05) is 6.92 Å². The van der Waals surface area contributed by atoms with Crippen molar-refractivity contribution in [2.45, 2.75) is 13.3 Å². The predicted molar refractivity (Wildman–Crippen MR) is 61.3 cm³/mol. The molecule has 0 aromatic heterocycles. The molecule has 0 amide bonds. The molecule has 0 aliphatic heterocycles. The third-order valence-electron chi connectivity index (χ3n) is 3.13. The van der Waals surface area contributed by atoms with Crippen molar-refractivity contribution in [3.8, 4) is 0 Å². The summed E-state index contributed by atoms with van der Waals surface area (Å²) in [6, 6.07) is 0. The molecule has 17 heavy (non-hydrogen) atoms. The summed E-state index contributed by atoms with van der Waals surface area (Å²) >= 11 is 0. The normalized spacial score (nSPS) is 29.6. The van der Waals surface area contributed by atoms with Gasteiger partial charge in [-0.3, -0.25) is 14.4 Å². The summed E-state index contributed by atoms with van der Waals surface area (Å²) in [5.41, 5.74) is 0. The van der Waals surface area contributed by atoms with E-state index >= 15 is 0 Å². The van der Waals surface area contributed by atoms with Crippen LogP contribution in [0.1, 0.15) is 13.3 Å². The number of carbonyl (C=O) groups excluding carboxylic acids is 3. The Hall–Kier alpha value is -1.23. The number of methoxy groups -OCH3 is 1. The van der Waals surface area contributed by atoms with Crippen molar-refractivity contribution >= 4 is 17.5 Å². The summed E-state index contributed by atoms with van der Waals surface area (Å²) in [7, 11) is 4.86. The van der Waals surface area contributed by atoms with Gasteiger partial charge in [-0.15, -0.1) is 0 Å². The predicted octanol–water partition coefficient (Wildman–Crippen LogP) is 0.131. The number of ketones is 2. The standard InChI is InChI=1S/C12H19NO4/c1-7-5-9(14)8(6-13(2)3)11(15)10(7)12(16)17-4/h7-8,10H,5-6H2,1-4H3/t7-,8+,10-/m0/s1. The van der Waals surface area contributed by atoms with Gasteiger partial charge in [0.05, 0.1) is 13.0 Å². The van der Waals surface area contributed by atoms with E-state index in [-0.39, 0.29) is 23.9 Å². The van der Waals surface area contributed by atoms with Crippen LogP contribution in [0.3, 0.4) is 0 Å². The molecule has 0 N–H and O–H groups in total. The molecule has 0 aromatic carbocycles. The second-order valence-corrected chi connectivity index (χ2v) is 4.87. The molecule has 5 heteroatoms. The number of Topliss-reactive ketones (excluding diaryl/α,β-unsaturated/α-hetero) is 2. The van der Waals surface area contributed by atoms with Crippen LogP contribution in [0.5, 0.6) is 0 Å². The van der Waals surface area contributed by atoms with Crippen LogP contribution >= 0.6 is 0 Å². The molecule has 0 spiro atoms. The Morgan fingerprint density at radius 1 is 1.41 bits per heavy atom. The van der Waals surface area contributed by atoms with E-state index in [1.54, 1.807) is 25.9 Å². The maximum absolute atomic E-state index is 12.1. The quantitative estimate of drug-likeness (QED) is 0.519. The number of ether oxygens (including phenoxy) is 1. The summed E-state index contributed by atoms with van der Waals surface area (Å²) in [6.45, 7) is 2.10. The molecule has 3 atom stereocenters. The van der Waals surface area contributed by atoms with E-state index in [1.807, 2.05) is 0 Å². The first kappa shape index (κ1) is 13.8. The zero-order chi connectivity index (χ0) is 13.2. The molecule has 0 bridgehead atoms. The maximum atomic E-state index is 12.1. The maximum Gasteiger partial charge on any atom is 0.316 e. The molecule has 1 aliphatic rings. The SMILES string of the molecule is COC(=O)[C@@H]1C(=O)[C@H](CN(C)C)C(=O)C[C@@H]1C. The van der Waals surface area contributed by atoms with Gasteiger partial charge in [0.1, 0.15) is 11.7 Å². The van der Waals surface area contributed by atoms with Crippen molar-refractivity contribution in [3.63, 3.8) is 0 Å². The van der Waals surface area contributed by atoms with Gasteiger partial charge >= 0.3 is 5.97 Å². The first-order valence-corrected chi connectivity index (χ1v) is 5.67. The van der Waals surface area contributed by atoms with Crippen molar-refractivity contribution < 1.29 is 19.1 Å². The highest BCUT2D eigenvalue weighted by Crippen LogP contribution is 2.29. The minimum Gasteiger partial charge on any atom is -0.468 e. The number of hydrogen-bond acceptors (Lipinski definition) is 5. The molecular weight excluding hydrogens is 222 g/mol. The Balaban J connectivity index is 2.91. The summed E-state index contributed by atoms with van der Waals surface area (Å²) < 4.78 is 4.63. The van der Waals surface area contributed by atoms with Crippen LogP contribution in [0, 0.1) is 17.8 Å². The molecule has 0 unspecified atom stereocenters. The monoisotopic (exact) mass is 241 g/mol. The molecule has 0 heterocycles. The van der Waals surface area contributed by atoms with Gasteiger partial charge in [0, 0.05) is 13.0 Å². The fourth-order valence-corrected chi connectivity index (χ4v) is 2.27. The molecule has 1 saturated carbocycles. The van der Waals surface area contributed by atoms with E-state index in [9.17, 15) is 14.4 Å². The molecule has 1 fully saturated rings. The largest absolute Gasteiger partial charge is 0.468 e. The zero-order valence-electron chi connectivity index (χ0n) is 10.7. The van der Waals surface area contributed by atoms with Crippen LogP contribution < -0.4 is 0 Å². The minimum absolute atomic E-state index is 0.0728. The van der Waals surface area contributed by atoms with Crippen molar-refractivity contribution in [3.05, 3.63) is 0 Å². The topological polar surface area (TPSA) is 63.7 Å². The second-order valence-electron chi connectivity index (χ2n) is 4.87. The Labute approximate surface area is 101 Å². The summed E-state index contributed by atoms with van der Waals surface area (Å²) in [4.78, 5) is 37.3. The lowest BCUT2D eigenvalue weighted by Crippen LogP contribution is -2.47. The van der Waals surface area contributed by atoms with Crippen molar-refractivity contribution in [2.75, 3.05) is 27.7 Å². The summed E-state index contributed by atoms with van der Waals surface area (Å²) in [5.74, 6) is -2.64. The lowest BCUT2D eigenvalue weighted by atomic mass is 9.73. The van der Waals surface area contributed by atoms with Gasteiger partial charge < -0.3 is 9.64 Å². The summed E-state index contributed by atoms with van der Waals surface area (Å²) in [5, 5.41) is 0. The van der Waals surface area contributed by atoms with Crippen molar-refractivity contribution in [2.24, 2.45) is 17.8 Å². The molecule has 0 radical (unpaired) electrons. The average molecular weight is 241 g/mol. The smallest absolute Gasteiger partial charge is 0.316 e. The molecule has 5 nitrogen and oxygen atoms in total. The van der Waals surface area contributed by atoms with Crippen LogP contribution in [0.4, 0.5) is 0 Å². The fraction of sp³-hybridized carbons (Fsp3) is 0.750. The molecule has 0 aromatic rings. The highest BCUT2D eigenvalue weighted by Gasteiger charge is 2.45. The van der Waals surface area contributed by atoms with Gasteiger partial charge in [-0.25, -0.2) is 0 Å². The van der Waals surface area contributed by atoms with E-state index in [4.69, 9.17) is 0 Å². The molecule has 1 aliphatic carbocycles. The van der Waals surface area contributed by atoms with E-state index in [0.717, 1.165) is 0 Å². The highest BCUT2D eigenvalue weighted by atomic mass is 16.5. The van der Waals surface area contributed by atoms with Crippen molar-refractivity contribution in [1.82, 2.24) is 4.90 Å². The third kappa shape index (κ3) is 2.91. The molecule has 96 valence electrons. The summed E-state index contributed by atoms with van der Waals surface area (Å²) in [6.07, 6.45) is 0.268. The number of nitrogens with zero attached hydrogens (tertiary/aromatic N) is 1. The Bertz CT molecular complexity index is 337. The van der Waals surface area contributed by atoms with Gasteiger partial charge in [0.25, 0.3) is 0 Å². The first-order valence-electron chi connectivity index (χ1n) is 5.67. The van der Waals surface area contributed by atoms with Crippen molar-refractivity contribution in [1.29, 1.82) is 0 Å². The Morgan fingerprint density at radius 2 is 2.00 bits per heavy atom. The van der Waals surface area contributed by atoms with E-state index in [2.05, 4.69) is 4.74 Å². The lowest BCUT2D eigenvalue weighted by Gasteiger charge is -2.31. The Morgan fingerprint density at radius 3 is 2.47 bits per heavy atom.